The Labute approximate surface area is 102 Å². The SMILES string of the molecule is c1ccc2c(c1)OCCC21CC1CNC1CC1. The van der Waals surface area contributed by atoms with Crippen molar-refractivity contribution in [3.63, 3.8) is 0 Å². The van der Waals surface area contributed by atoms with Crippen LogP contribution in [-0.4, -0.2) is 19.2 Å². The maximum Gasteiger partial charge on any atom is 0.123 e. The highest BCUT2D eigenvalue weighted by Crippen LogP contribution is 2.60. The molecule has 1 aromatic carbocycles. The molecule has 90 valence electrons. The van der Waals surface area contributed by atoms with E-state index < -0.39 is 0 Å². The summed E-state index contributed by atoms with van der Waals surface area (Å²) < 4.78 is 5.76. The molecule has 0 aromatic heterocycles. The van der Waals surface area contributed by atoms with Crippen LogP contribution in [-0.2, 0) is 5.41 Å². The Bertz CT molecular complexity index is 440. The van der Waals surface area contributed by atoms with Gasteiger partial charge in [-0.25, -0.2) is 0 Å². The highest BCUT2D eigenvalue weighted by atomic mass is 16.5. The summed E-state index contributed by atoms with van der Waals surface area (Å²) in [6.07, 6.45) is 5.34. The first kappa shape index (κ1) is 9.95. The van der Waals surface area contributed by atoms with Gasteiger partial charge >= 0.3 is 0 Å². The maximum atomic E-state index is 5.76. The zero-order valence-corrected chi connectivity index (χ0v) is 10.1. The van der Waals surface area contributed by atoms with Crippen molar-refractivity contribution in [1.82, 2.24) is 5.32 Å². The van der Waals surface area contributed by atoms with Crippen LogP contribution in [0.25, 0.3) is 0 Å². The Kier molecular flexibility index (Phi) is 2.04. The largest absolute Gasteiger partial charge is 0.493 e. The van der Waals surface area contributed by atoms with Gasteiger partial charge in [0.25, 0.3) is 0 Å². The summed E-state index contributed by atoms with van der Waals surface area (Å²) in [6.45, 7) is 2.11. The zero-order chi connectivity index (χ0) is 11.3. The lowest BCUT2D eigenvalue weighted by molar-refractivity contribution is 0.253. The number of ether oxygens (including phenoxy) is 1. The molecule has 17 heavy (non-hydrogen) atoms. The first-order valence-electron chi connectivity index (χ1n) is 6.84. The maximum absolute atomic E-state index is 5.76. The minimum absolute atomic E-state index is 0.455. The number of fused-ring (bicyclic) bond motifs is 2. The molecule has 2 heteroatoms. The third-order valence-electron chi connectivity index (χ3n) is 4.69. The molecule has 2 aliphatic carbocycles. The van der Waals surface area contributed by atoms with Gasteiger partial charge in [0.2, 0.25) is 0 Å². The van der Waals surface area contributed by atoms with E-state index in [0.29, 0.717) is 5.41 Å². The molecule has 2 nitrogen and oxygen atoms in total. The number of para-hydroxylation sites is 1. The summed E-state index contributed by atoms with van der Waals surface area (Å²) in [5.41, 5.74) is 1.92. The van der Waals surface area contributed by atoms with E-state index >= 15 is 0 Å². The summed E-state index contributed by atoms with van der Waals surface area (Å²) in [4.78, 5) is 0. The number of benzene rings is 1. The summed E-state index contributed by atoms with van der Waals surface area (Å²) in [5, 5.41) is 3.68. The molecule has 1 aliphatic heterocycles. The van der Waals surface area contributed by atoms with Crippen LogP contribution in [0.5, 0.6) is 5.75 Å². The van der Waals surface area contributed by atoms with Crippen molar-refractivity contribution in [2.24, 2.45) is 5.92 Å². The molecular weight excluding hydrogens is 210 g/mol. The monoisotopic (exact) mass is 229 g/mol. The van der Waals surface area contributed by atoms with E-state index in [1.54, 1.807) is 0 Å². The van der Waals surface area contributed by atoms with Gasteiger partial charge in [-0.15, -0.1) is 0 Å². The number of hydrogen-bond donors (Lipinski definition) is 1. The van der Waals surface area contributed by atoms with Crippen molar-refractivity contribution >= 4 is 0 Å². The van der Waals surface area contributed by atoms with Crippen LogP contribution in [0.15, 0.2) is 24.3 Å². The summed E-state index contributed by atoms with van der Waals surface area (Å²) in [7, 11) is 0. The molecule has 2 saturated carbocycles. The predicted molar refractivity (Wildman–Crippen MR) is 67.4 cm³/mol. The quantitative estimate of drug-likeness (QED) is 0.859. The molecule has 1 N–H and O–H groups in total. The Morgan fingerprint density at radius 2 is 2.18 bits per heavy atom. The van der Waals surface area contributed by atoms with Gasteiger partial charge in [-0.05, 0) is 44.2 Å². The number of nitrogens with one attached hydrogen (secondary N) is 1. The Balaban J connectivity index is 1.55. The van der Waals surface area contributed by atoms with Gasteiger partial charge in [-0.1, -0.05) is 18.2 Å². The van der Waals surface area contributed by atoms with E-state index in [4.69, 9.17) is 4.74 Å². The molecule has 1 aromatic rings. The van der Waals surface area contributed by atoms with Gasteiger partial charge in [0.05, 0.1) is 6.61 Å². The normalized spacial score (nSPS) is 34.2. The summed E-state index contributed by atoms with van der Waals surface area (Å²) >= 11 is 0. The highest BCUT2D eigenvalue weighted by Gasteiger charge is 2.57. The molecule has 0 saturated heterocycles. The summed E-state index contributed by atoms with van der Waals surface area (Å²) in [5.74, 6) is 1.97. The van der Waals surface area contributed by atoms with Crippen molar-refractivity contribution in [2.45, 2.75) is 37.1 Å². The number of rotatable bonds is 3. The molecule has 3 aliphatic rings. The van der Waals surface area contributed by atoms with Crippen LogP contribution in [0, 0.1) is 5.92 Å². The third kappa shape index (κ3) is 1.58. The fourth-order valence-corrected chi connectivity index (χ4v) is 3.36. The van der Waals surface area contributed by atoms with Crippen LogP contribution in [0.2, 0.25) is 0 Å². The molecule has 4 rings (SSSR count). The molecule has 2 unspecified atom stereocenters. The van der Waals surface area contributed by atoms with E-state index in [0.717, 1.165) is 24.3 Å². The van der Waals surface area contributed by atoms with Crippen LogP contribution in [0.1, 0.15) is 31.2 Å². The second-order valence-electron chi connectivity index (χ2n) is 5.83. The molecule has 0 amide bonds. The first-order valence-corrected chi connectivity index (χ1v) is 6.84. The molecule has 1 heterocycles. The van der Waals surface area contributed by atoms with Gasteiger partial charge in [-0.2, -0.15) is 0 Å². The Morgan fingerprint density at radius 3 is 3.06 bits per heavy atom. The van der Waals surface area contributed by atoms with Crippen LogP contribution < -0.4 is 10.1 Å². The minimum Gasteiger partial charge on any atom is -0.493 e. The van der Waals surface area contributed by atoms with Crippen molar-refractivity contribution in [2.75, 3.05) is 13.2 Å². The molecular formula is C15H19NO. The fourth-order valence-electron chi connectivity index (χ4n) is 3.36. The van der Waals surface area contributed by atoms with Crippen LogP contribution in [0.4, 0.5) is 0 Å². The highest BCUT2D eigenvalue weighted by molar-refractivity contribution is 5.46. The van der Waals surface area contributed by atoms with Gasteiger partial charge in [0.15, 0.2) is 0 Å². The topological polar surface area (TPSA) is 21.3 Å². The van der Waals surface area contributed by atoms with E-state index in [-0.39, 0.29) is 0 Å². The molecule has 0 bridgehead atoms. The van der Waals surface area contributed by atoms with E-state index in [1.807, 2.05) is 0 Å². The molecule has 0 radical (unpaired) electrons. The second-order valence-corrected chi connectivity index (χ2v) is 5.83. The minimum atomic E-state index is 0.455. The van der Waals surface area contributed by atoms with Gasteiger partial charge < -0.3 is 10.1 Å². The van der Waals surface area contributed by atoms with E-state index in [1.165, 1.54) is 37.8 Å². The van der Waals surface area contributed by atoms with E-state index in [9.17, 15) is 0 Å². The summed E-state index contributed by atoms with van der Waals surface area (Å²) in [6, 6.07) is 9.46. The third-order valence-corrected chi connectivity index (χ3v) is 4.69. The Hall–Kier alpha value is -1.02. The lowest BCUT2D eigenvalue weighted by atomic mass is 9.87. The lowest BCUT2D eigenvalue weighted by Crippen LogP contribution is -2.27. The van der Waals surface area contributed by atoms with Crippen LogP contribution in [0.3, 0.4) is 0 Å². The van der Waals surface area contributed by atoms with Crippen molar-refractivity contribution in [3.05, 3.63) is 29.8 Å². The van der Waals surface area contributed by atoms with Gasteiger partial charge in [0, 0.05) is 17.0 Å². The smallest absolute Gasteiger partial charge is 0.123 e. The molecule has 1 spiro atoms. The lowest BCUT2D eigenvalue weighted by Gasteiger charge is -2.27. The van der Waals surface area contributed by atoms with Crippen molar-refractivity contribution in [1.29, 1.82) is 0 Å². The number of hydrogen-bond acceptors (Lipinski definition) is 2. The first-order chi connectivity index (χ1) is 8.38. The fraction of sp³-hybridized carbons (Fsp3) is 0.600. The predicted octanol–water partition coefficient (Wildman–Crippen LogP) is 2.48. The van der Waals surface area contributed by atoms with Gasteiger partial charge in [0.1, 0.15) is 5.75 Å². The standard InChI is InChI=1S/C15H19NO/c1-2-4-14-13(3-1)15(7-8-17-14)9-11(15)10-16-12-5-6-12/h1-4,11-12,16H,5-10H2. The second kappa shape index (κ2) is 3.49. The zero-order valence-electron chi connectivity index (χ0n) is 10.1. The average molecular weight is 229 g/mol. The molecule has 2 fully saturated rings. The van der Waals surface area contributed by atoms with Crippen LogP contribution >= 0.6 is 0 Å². The van der Waals surface area contributed by atoms with E-state index in [2.05, 4.69) is 29.6 Å². The molecule has 2 atom stereocenters. The van der Waals surface area contributed by atoms with Gasteiger partial charge in [-0.3, -0.25) is 0 Å². The Morgan fingerprint density at radius 1 is 1.29 bits per heavy atom. The van der Waals surface area contributed by atoms with Crippen molar-refractivity contribution < 1.29 is 4.74 Å². The van der Waals surface area contributed by atoms with Crippen molar-refractivity contribution in [3.8, 4) is 5.75 Å². The average Bonchev–Trinajstić information content (AvgIpc) is 3.24.